The van der Waals surface area contributed by atoms with Crippen LogP contribution in [0.15, 0.2) is 30.7 Å². The van der Waals surface area contributed by atoms with Crippen molar-refractivity contribution in [1.29, 1.82) is 0 Å². The van der Waals surface area contributed by atoms with Gasteiger partial charge in [-0.15, -0.1) is 0 Å². The molecule has 9 nitrogen and oxygen atoms in total. The van der Waals surface area contributed by atoms with Gasteiger partial charge in [0.1, 0.15) is 41.5 Å². The predicted octanol–water partition coefficient (Wildman–Crippen LogP) is 3.00. The van der Waals surface area contributed by atoms with Crippen molar-refractivity contribution in [3.05, 3.63) is 47.4 Å². The van der Waals surface area contributed by atoms with Crippen LogP contribution in [-0.4, -0.2) is 59.4 Å². The number of ether oxygens (including phenoxy) is 1. The van der Waals surface area contributed by atoms with Gasteiger partial charge in [-0.2, -0.15) is 0 Å². The van der Waals surface area contributed by atoms with Crippen LogP contribution in [0, 0.1) is 29.1 Å². The number of nitrogens with two attached hydrogens (primary N) is 1. The lowest BCUT2D eigenvalue weighted by Gasteiger charge is -2.52. The molecule has 3 fully saturated rings. The molecule has 7 rings (SSSR count). The van der Waals surface area contributed by atoms with E-state index in [1.54, 1.807) is 10.6 Å². The smallest absolute Gasteiger partial charge is 0.148 e. The number of hydrogen-bond donors (Lipinski definition) is 5. The number of benzene rings is 1. The van der Waals surface area contributed by atoms with E-state index in [0.717, 1.165) is 32.1 Å². The van der Waals surface area contributed by atoms with Gasteiger partial charge >= 0.3 is 0 Å². The zero-order valence-corrected chi connectivity index (χ0v) is 22.6. The lowest BCUT2D eigenvalue weighted by Crippen LogP contribution is -2.50. The van der Waals surface area contributed by atoms with Crippen molar-refractivity contribution >= 4 is 16.9 Å². The van der Waals surface area contributed by atoms with Crippen LogP contribution in [0.25, 0.3) is 11.0 Å². The highest BCUT2D eigenvalue weighted by Gasteiger charge is 2.61. The molecule has 6 N–H and O–H groups in total. The van der Waals surface area contributed by atoms with Crippen molar-refractivity contribution in [2.24, 2.45) is 17.3 Å². The molecule has 2 saturated carbocycles. The summed E-state index contributed by atoms with van der Waals surface area (Å²) in [5.41, 5.74) is 8.59. The van der Waals surface area contributed by atoms with Gasteiger partial charge in [-0.1, -0.05) is 24.8 Å². The Kier molecular flexibility index (Phi) is 5.92. The van der Waals surface area contributed by atoms with Gasteiger partial charge in [0, 0.05) is 18.0 Å². The van der Waals surface area contributed by atoms with Gasteiger partial charge in [-0.25, -0.2) is 9.97 Å². The number of nitrogen functional groups attached to an aromatic ring is 1. The lowest BCUT2D eigenvalue weighted by atomic mass is 9.53. The SMILES string of the molecule is C[C@]12CC[C@@H]3c4ccc(O)cc4CC[C@H]3[C@@H]1CC[C@]2(O)C#Cc1cn([C@H]2C[C@H](O)[C@@H](CO)O2)c2ncnc(N)c12. The van der Waals surface area contributed by atoms with Gasteiger partial charge in [0.05, 0.1) is 23.7 Å². The quantitative estimate of drug-likeness (QED) is 0.310. The molecular formula is C31H36N4O5. The minimum Gasteiger partial charge on any atom is -0.508 e. The monoisotopic (exact) mass is 544 g/mol. The average molecular weight is 545 g/mol. The van der Waals surface area contributed by atoms with E-state index in [-0.39, 0.29) is 12.0 Å². The third-order valence-corrected chi connectivity index (χ3v) is 10.6. The lowest BCUT2D eigenvalue weighted by molar-refractivity contribution is -0.0647. The highest BCUT2D eigenvalue weighted by Crippen LogP contribution is 2.64. The van der Waals surface area contributed by atoms with Crippen LogP contribution in [0.2, 0.25) is 0 Å². The number of nitrogens with zero attached hydrogens (tertiary/aromatic N) is 3. The Balaban J connectivity index is 1.22. The summed E-state index contributed by atoms with van der Waals surface area (Å²) in [5, 5.41) is 42.6. The second kappa shape index (κ2) is 9.18. The summed E-state index contributed by atoms with van der Waals surface area (Å²) in [6.45, 7) is 1.94. The van der Waals surface area contributed by atoms with Gasteiger partial charge in [0.2, 0.25) is 0 Å². The van der Waals surface area contributed by atoms with Gasteiger partial charge in [0.15, 0.2) is 0 Å². The van der Waals surface area contributed by atoms with E-state index in [1.807, 2.05) is 12.3 Å². The first kappa shape index (κ1) is 25.8. The molecule has 1 aromatic carbocycles. The van der Waals surface area contributed by atoms with Gasteiger partial charge in [0.25, 0.3) is 0 Å². The summed E-state index contributed by atoms with van der Waals surface area (Å²) >= 11 is 0. The molecule has 3 aromatic rings. The Labute approximate surface area is 233 Å². The maximum absolute atomic E-state index is 12.1. The Hall–Kier alpha value is -3.16. The maximum atomic E-state index is 12.1. The number of rotatable bonds is 2. The topological polar surface area (TPSA) is 147 Å². The normalized spacial score (nSPS) is 36.5. The summed E-state index contributed by atoms with van der Waals surface area (Å²) < 4.78 is 7.68. The van der Waals surface area contributed by atoms with Crippen LogP contribution in [0.4, 0.5) is 5.82 Å². The first-order chi connectivity index (χ1) is 19.2. The number of hydrogen-bond acceptors (Lipinski definition) is 8. The van der Waals surface area contributed by atoms with Crippen molar-refractivity contribution in [2.75, 3.05) is 12.3 Å². The van der Waals surface area contributed by atoms with Gasteiger partial charge in [-0.3, -0.25) is 0 Å². The summed E-state index contributed by atoms with van der Waals surface area (Å²) in [6, 6.07) is 5.82. The molecule has 9 heteroatoms. The summed E-state index contributed by atoms with van der Waals surface area (Å²) in [7, 11) is 0. The molecule has 0 amide bonds. The molecule has 40 heavy (non-hydrogen) atoms. The molecule has 3 aliphatic carbocycles. The predicted molar refractivity (Wildman–Crippen MR) is 148 cm³/mol. The van der Waals surface area contributed by atoms with Crippen LogP contribution in [-0.2, 0) is 11.2 Å². The molecule has 2 aromatic heterocycles. The highest BCUT2D eigenvalue weighted by atomic mass is 16.5. The molecule has 8 atom stereocenters. The fraction of sp³-hybridized carbons (Fsp3) is 0.548. The number of aryl methyl sites for hydroxylation is 1. The van der Waals surface area contributed by atoms with Crippen molar-refractivity contribution < 1.29 is 25.2 Å². The van der Waals surface area contributed by atoms with Crippen LogP contribution >= 0.6 is 0 Å². The largest absolute Gasteiger partial charge is 0.508 e. The summed E-state index contributed by atoms with van der Waals surface area (Å²) in [6.07, 6.45) is 6.96. The number of phenolic OH excluding ortho intramolecular Hbond substituents is 1. The number of fused-ring (bicyclic) bond motifs is 6. The van der Waals surface area contributed by atoms with E-state index in [4.69, 9.17) is 10.5 Å². The van der Waals surface area contributed by atoms with Crippen molar-refractivity contribution in [3.8, 4) is 17.6 Å². The summed E-state index contributed by atoms with van der Waals surface area (Å²) in [4.78, 5) is 8.61. The number of phenols is 1. The van der Waals surface area contributed by atoms with E-state index in [9.17, 15) is 20.4 Å². The third-order valence-electron chi connectivity index (χ3n) is 10.6. The Morgan fingerprint density at radius 2 is 2.05 bits per heavy atom. The molecule has 4 aliphatic rings. The van der Waals surface area contributed by atoms with E-state index in [0.29, 0.717) is 58.8 Å². The molecule has 0 radical (unpaired) electrons. The van der Waals surface area contributed by atoms with Crippen LogP contribution in [0.3, 0.4) is 0 Å². The maximum Gasteiger partial charge on any atom is 0.148 e. The zero-order chi connectivity index (χ0) is 27.8. The van der Waals surface area contributed by atoms with Crippen molar-refractivity contribution in [1.82, 2.24) is 14.5 Å². The minimum absolute atomic E-state index is 0.274. The van der Waals surface area contributed by atoms with E-state index < -0.39 is 24.0 Å². The Morgan fingerprint density at radius 1 is 1.20 bits per heavy atom. The van der Waals surface area contributed by atoms with Crippen LogP contribution in [0.1, 0.15) is 74.3 Å². The number of aromatic nitrogens is 3. The molecule has 210 valence electrons. The number of aliphatic hydroxyl groups is 3. The molecular weight excluding hydrogens is 508 g/mol. The number of aliphatic hydroxyl groups excluding tert-OH is 2. The molecule has 0 spiro atoms. The van der Waals surface area contributed by atoms with Gasteiger partial charge in [-0.05, 0) is 79.5 Å². The van der Waals surface area contributed by atoms with E-state index in [2.05, 4.69) is 34.8 Å². The molecule has 0 bridgehead atoms. The van der Waals surface area contributed by atoms with E-state index in [1.165, 1.54) is 17.5 Å². The molecule has 0 unspecified atom stereocenters. The number of aromatic hydroxyl groups is 1. The second-order valence-electron chi connectivity index (χ2n) is 12.4. The average Bonchev–Trinajstić information content (AvgIpc) is 3.59. The van der Waals surface area contributed by atoms with Crippen LogP contribution in [0.5, 0.6) is 5.75 Å². The number of anilines is 1. The van der Waals surface area contributed by atoms with Gasteiger partial charge < -0.3 is 35.5 Å². The highest BCUT2D eigenvalue weighted by molar-refractivity contribution is 5.92. The van der Waals surface area contributed by atoms with Crippen molar-refractivity contribution in [3.63, 3.8) is 0 Å². The fourth-order valence-corrected chi connectivity index (χ4v) is 8.43. The van der Waals surface area contributed by atoms with Crippen molar-refractivity contribution in [2.45, 2.75) is 81.8 Å². The molecule has 1 aliphatic heterocycles. The Morgan fingerprint density at radius 3 is 2.85 bits per heavy atom. The first-order valence-electron chi connectivity index (χ1n) is 14.3. The Bertz CT molecular complexity index is 1540. The third kappa shape index (κ3) is 3.70. The minimum atomic E-state index is -1.14. The zero-order valence-electron chi connectivity index (χ0n) is 22.6. The standard InChI is InChI=1S/C31H36N4O5/c1-30-9-7-21-20-5-3-19(37)12-17(20)2-4-22(21)23(30)8-11-31(30,39)10-6-18-14-35(26-13-24(38)25(15-36)40-26)29-27(18)28(32)33-16-34-29/h3,5,12,14,16,21-26,36-39H,2,4,7-9,11,13,15H2,1H3,(H2,32,33,34)/t21-,22-,23+,24+,25-,26-,30+,31-/m1/s1. The summed E-state index contributed by atoms with van der Waals surface area (Å²) in [5.74, 6) is 8.51. The second-order valence-corrected chi connectivity index (χ2v) is 12.4. The first-order valence-corrected chi connectivity index (χ1v) is 14.3. The molecule has 1 saturated heterocycles. The van der Waals surface area contributed by atoms with Crippen LogP contribution < -0.4 is 5.73 Å². The fourth-order valence-electron chi connectivity index (χ4n) is 8.43. The molecule has 3 heterocycles. The van der Waals surface area contributed by atoms with E-state index >= 15 is 0 Å².